The Hall–Kier alpha value is -2.91. The second-order valence-electron chi connectivity index (χ2n) is 10.1. The highest BCUT2D eigenvalue weighted by molar-refractivity contribution is 7.90. The minimum absolute atomic E-state index is 0.000833. The maximum absolute atomic E-state index is 13.9. The van der Waals surface area contributed by atoms with E-state index in [4.69, 9.17) is 9.47 Å². The standard InChI is InChI=1S/C28H39NO7S/c1-17(2)23-13-24(18(3)4)28(25(14-23)19(5)6)37(33,34)29-12-11-22(15-29)9-10-27(36-21(8)31)26(32)16-35-20(7)30/h9-15,17-19,26-27,32H,16H2,1-8H3/b10-9-/t26-,27+/m1/s1. The van der Waals surface area contributed by atoms with Gasteiger partial charge in [-0.05, 0) is 52.1 Å². The normalized spacial score (nSPS) is 13.9. The van der Waals surface area contributed by atoms with Gasteiger partial charge in [0.2, 0.25) is 0 Å². The summed E-state index contributed by atoms with van der Waals surface area (Å²) in [6.45, 7) is 14.2. The van der Waals surface area contributed by atoms with Crippen LogP contribution >= 0.6 is 0 Å². The minimum Gasteiger partial charge on any atom is -0.463 e. The molecule has 0 unspecified atom stereocenters. The van der Waals surface area contributed by atoms with Crippen molar-refractivity contribution in [3.05, 3.63) is 58.9 Å². The van der Waals surface area contributed by atoms with Crippen LogP contribution in [0.15, 0.2) is 41.6 Å². The van der Waals surface area contributed by atoms with E-state index in [1.807, 2.05) is 39.8 Å². The molecule has 1 heterocycles. The number of aliphatic hydroxyl groups is 1. The molecule has 0 bridgehead atoms. The predicted molar refractivity (Wildman–Crippen MR) is 143 cm³/mol. The Labute approximate surface area is 220 Å². The minimum atomic E-state index is -3.91. The van der Waals surface area contributed by atoms with E-state index in [2.05, 4.69) is 13.8 Å². The first-order chi connectivity index (χ1) is 17.1. The van der Waals surface area contributed by atoms with Gasteiger partial charge in [0.05, 0.1) is 4.90 Å². The van der Waals surface area contributed by atoms with E-state index in [1.54, 1.807) is 12.1 Å². The van der Waals surface area contributed by atoms with Crippen molar-refractivity contribution >= 4 is 28.0 Å². The van der Waals surface area contributed by atoms with Crippen LogP contribution in [-0.4, -0.2) is 48.3 Å². The number of nitrogens with zero attached hydrogens (tertiary/aromatic N) is 1. The summed E-state index contributed by atoms with van der Waals surface area (Å²) in [5.74, 6) is -0.937. The predicted octanol–water partition coefficient (Wildman–Crippen LogP) is 4.96. The molecule has 2 atom stereocenters. The molecule has 1 aromatic heterocycles. The van der Waals surface area contributed by atoms with Gasteiger partial charge in [-0.1, -0.05) is 59.8 Å². The highest BCUT2D eigenvalue weighted by Gasteiger charge is 2.28. The summed E-state index contributed by atoms with van der Waals surface area (Å²) in [5, 5.41) is 10.3. The van der Waals surface area contributed by atoms with Crippen LogP contribution in [0.25, 0.3) is 6.08 Å². The molecule has 2 rings (SSSR count). The third kappa shape index (κ3) is 7.79. The van der Waals surface area contributed by atoms with Gasteiger partial charge in [0.1, 0.15) is 18.8 Å². The molecule has 9 heteroatoms. The summed E-state index contributed by atoms with van der Waals surface area (Å²) in [6.07, 6.45) is 3.55. The molecule has 37 heavy (non-hydrogen) atoms. The molecule has 0 aliphatic heterocycles. The Kier molecular flexibility index (Phi) is 10.3. The molecule has 0 saturated heterocycles. The Morgan fingerprint density at radius 2 is 1.54 bits per heavy atom. The molecule has 0 radical (unpaired) electrons. The van der Waals surface area contributed by atoms with E-state index in [0.717, 1.165) is 16.7 Å². The first kappa shape index (κ1) is 30.3. The second-order valence-corrected chi connectivity index (χ2v) is 11.9. The van der Waals surface area contributed by atoms with Gasteiger partial charge < -0.3 is 14.6 Å². The van der Waals surface area contributed by atoms with Crippen molar-refractivity contribution in [1.29, 1.82) is 0 Å². The molecule has 0 aliphatic rings. The van der Waals surface area contributed by atoms with Crippen LogP contribution in [0.5, 0.6) is 0 Å². The highest BCUT2D eigenvalue weighted by Crippen LogP contribution is 2.36. The van der Waals surface area contributed by atoms with Gasteiger partial charge in [-0.3, -0.25) is 9.59 Å². The van der Waals surface area contributed by atoms with Crippen LogP contribution in [0, 0.1) is 0 Å². The number of aliphatic hydroxyl groups excluding tert-OH is 1. The van der Waals surface area contributed by atoms with Crippen LogP contribution < -0.4 is 0 Å². The second kappa shape index (κ2) is 12.6. The summed E-state index contributed by atoms with van der Waals surface area (Å²) in [6, 6.07) is 5.60. The topological polar surface area (TPSA) is 112 Å². The SMILES string of the molecule is CC(=O)OC[C@@H](O)[C@H](/C=C\c1ccn(S(=O)(=O)c2c(C(C)C)cc(C(C)C)cc2C(C)C)c1)OC(C)=O. The molecular weight excluding hydrogens is 494 g/mol. The number of carbonyl (C=O) groups is 2. The number of aromatic nitrogens is 1. The fourth-order valence-corrected chi connectivity index (χ4v) is 5.75. The Balaban J connectivity index is 2.49. The summed E-state index contributed by atoms with van der Waals surface area (Å²) in [4.78, 5) is 22.9. The quantitative estimate of drug-likeness (QED) is 0.406. The van der Waals surface area contributed by atoms with Gasteiger partial charge in [0.25, 0.3) is 10.0 Å². The van der Waals surface area contributed by atoms with Crippen LogP contribution in [0.4, 0.5) is 0 Å². The first-order valence-corrected chi connectivity index (χ1v) is 13.9. The Morgan fingerprint density at radius 1 is 0.973 bits per heavy atom. The number of rotatable bonds is 11. The first-order valence-electron chi connectivity index (χ1n) is 12.4. The highest BCUT2D eigenvalue weighted by atomic mass is 32.2. The molecule has 0 aliphatic carbocycles. The molecular formula is C28H39NO7S. The van der Waals surface area contributed by atoms with E-state index in [0.29, 0.717) is 10.5 Å². The van der Waals surface area contributed by atoms with E-state index >= 15 is 0 Å². The number of carbonyl (C=O) groups excluding carboxylic acids is 2. The zero-order valence-electron chi connectivity index (χ0n) is 22.9. The Bertz CT molecular complexity index is 1210. The van der Waals surface area contributed by atoms with Gasteiger partial charge >= 0.3 is 11.9 Å². The van der Waals surface area contributed by atoms with E-state index < -0.39 is 34.2 Å². The van der Waals surface area contributed by atoms with Crippen molar-refractivity contribution in [3.63, 3.8) is 0 Å². The molecule has 2 aromatic rings. The van der Waals surface area contributed by atoms with Gasteiger partial charge in [0.15, 0.2) is 0 Å². The smallest absolute Gasteiger partial charge is 0.303 e. The molecule has 0 fully saturated rings. The van der Waals surface area contributed by atoms with Crippen molar-refractivity contribution in [2.75, 3.05) is 6.61 Å². The van der Waals surface area contributed by atoms with Crippen LogP contribution in [0.3, 0.4) is 0 Å². The molecule has 0 spiro atoms. The lowest BCUT2D eigenvalue weighted by molar-refractivity contribution is -0.154. The zero-order chi connectivity index (χ0) is 28.1. The van der Waals surface area contributed by atoms with Crippen molar-refractivity contribution in [1.82, 2.24) is 3.97 Å². The van der Waals surface area contributed by atoms with Gasteiger partial charge in [0, 0.05) is 26.2 Å². The maximum Gasteiger partial charge on any atom is 0.303 e. The lowest BCUT2D eigenvalue weighted by Crippen LogP contribution is -2.33. The molecule has 0 amide bonds. The van der Waals surface area contributed by atoms with Crippen molar-refractivity contribution < 1.29 is 32.6 Å². The fourth-order valence-electron chi connectivity index (χ4n) is 3.87. The maximum atomic E-state index is 13.9. The molecule has 1 aromatic carbocycles. The van der Waals surface area contributed by atoms with Crippen molar-refractivity contribution in [2.24, 2.45) is 0 Å². The third-order valence-corrected chi connectivity index (χ3v) is 7.69. The number of hydrogen-bond acceptors (Lipinski definition) is 7. The van der Waals surface area contributed by atoms with Crippen molar-refractivity contribution in [2.45, 2.75) is 90.2 Å². The van der Waals surface area contributed by atoms with E-state index in [-0.39, 0.29) is 24.4 Å². The van der Waals surface area contributed by atoms with Gasteiger partial charge in [-0.2, -0.15) is 0 Å². The molecule has 0 saturated carbocycles. The Morgan fingerprint density at radius 3 is 2.00 bits per heavy atom. The van der Waals surface area contributed by atoms with E-state index in [9.17, 15) is 23.1 Å². The van der Waals surface area contributed by atoms with Crippen LogP contribution in [-0.2, 0) is 29.1 Å². The lowest BCUT2D eigenvalue weighted by Gasteiger charge is -2.23. The molecule has 204 valence electrons. The van der Waals surface area contributed by atoms with E-state index in [1.165, 1.54) is 36.3 Å². The summed E-state index contributed by atoms with van der Waals surface area (Å²) in [5.41, 5.74) is 3.19. The zero-order valence-corrected chi connectivity index (χ0v) is 23.7. The average Bonchev–Trinajstić information content (AvgIpc) is 3.28. The molecule has 1 N–H and O–H groups in total. The van der Waals surface area contributed by atoms with Gasteiger partial charge in [-0.25, -0.2) is 12.4 Å². The molecule has 8 nitrogen and oxygen atoms in total. The largest absolute Gasteiger partial charge is 0.463 e. The summed E-state index contributed by atoms with van der Waals surface area (Å²) >= 11 is 0. The number of benzene rings is 1. The summed E-state index contributed by atoms with van der Waals surface area (Å²) in [7, 11) is -3.91. The van der Waals surface area contributed by atoms with Crippen LogP contribution in [0.2, 0.25) is 0 Å². The number of ether oxygens (including phenoxy) is 2. The van der Waals surface area contributed by atoms with Crippen molar-refractivity contribution in [3.8, 4) is 0 Å². The monoisotopic (exact) mass is 533 g/mol. The number of esters is 2. The summed E-state index contributed by atoms with van der Waals surface area (Å²) < 4.78 is 38.9. The third-order valence-electron chi connectivity index (χ3n) is 5.92. The average molecular weight is 534 g/mol. The number of hydrogen-bond donors (Lipinski definition) is 1. The van der Waals surface area contributed by atoms with Gasteiger partial charge in [-0.15, -0.1) is 0 Å². The fraction of sp³-hybridized carbons (Fsp3) is 0.500. The lowest BCUT2D eigenvalue weighted by atomic mass is 9.89. The van der Waals surface area contributed by atoms with Crippen LogP contribution in [0.1, 0.15) is 95.4 Å².